The first-order valence-electron chi connectivity index (χ1n) is 9.33. The number of thiazole rings is 1. The van der Waals surface area contributed by atoms with Gasteiger partial charge in [0.25, 0.3) is 0 Å². The van der Waals surface area contributed by atoms with Gasteiger partial charge in [-0.3, -0.25) is 4.79 Å². The van der Waals surface area contributed by atoms with Gasteiger partial charge in [0.1, 0.15) is 10.8 Å². The molecule has 0 aliphatic carbocycles. The summed E-state index contributed by atoms with van der Waals surface area (Å²) in [6.07, 6.45) is 0.235. The molecule has 0 bridgehead atoms. The number of carbonyl (C=O) groups excluding carboxylic acids is 1. The highest BCUT2D eigenvalue weighted by molar-refractivity contribution is 8.00. The number of hydrogen-bond donors (Lipinski definition) is 2. The van der Waals surface area contributed by atoms with E-state index in [2.05, 4.69) is 25.8 Å². The Morgan fingerprint density at radius 2 is 1.87 bits per heavy atom. The van der Waals surface area contributed by atoms with Gasteiger partial charge in [0, 0.05) is 16.8 Å². The van der Waals surface area contributed by atoms with Crippen molar-refractivity contribution in [3.8, 4) is 0 Å². The van der Waals surface area contributed by atoms with Crippen LogP contribution in [0.15, 0.2) is 58.3 Å². The van der Waals surface area contributed by atoms with Crippen LogP contribution in [0.3, 0.4) is 0 Å². The molecule has 6 nitrogen and oxygen atoms in total. The lowest BCUT2D eigenvalue weighted by Crippen LogP contribution is -2.15. The fourth-order valence-corrected chi connectivity index (χ4v) is 5.23. The Hall–Kier alpha value is -2.82. The normalized spacial score (nSPS) is 10.8. The molecule has 2 heterocycles. The number of amides is 1. The second-order valence-corrected chi connectivity index (χ2v) is 9.68. The number of aromatic nitrogens is 3. The SMILES string of the molecule is Cc1ccccc1NC(=O)Cc1nc(CSc2nnc(Nc3ccccc3F)s2)cs1. The van der Waals surface area contributed by atoms with Crippen LogP contribution in [0.25, 0.3) is 0 Å². The molecule has 31 heavy (non-hydrogen) atoms. The molecular formula is C21H18FN5OS3. The van der Waals surface area contributed by atoms with E-state index in [-0.39, 0.29) is 18.1 Å². The van der Waals surface area contributed by atoms with Gasteiger partial charge in [-0.15, -0.1) is 21.5 Å². The smallest absolute Gasteiger partial charge is 0.231 e. The third kappa shape index (κ3) is 5.87. The summed E-state index contributed by atoms with van der Waals surface area (Å²) >= 11 is 4.32. The maximum Gasteiger partial charge on any atom is 0.231 e. The number of thioether (sulfide) groups is 1. The van der Waals surface area contributed by atoms with Crippen LogP contribution < -0.4 is 10.6 Å². The molecule has 2 aromatic heterocycles. The summed E-state index contributed by atoms with van der Waals surface area (Å²) in [5, 5.41) is 17.3. The first kappa shape index (κ1) is 21.4. The summed E-state index contributed by atoms with van der Waals surface area (Å²) in [6, 6.07) is 14.1. The van der Waals surface area contributed by atoms with Crippen LogP contribution in [-0.2, 0) is 17.0 Å². The Labute approximate surface area is 191 Å². The van der Waals surface area contributed by atoms with E-state index in [1.54, 1.807) is 18.2 Å². The third-order valence-corrected chi connectivity index (χ3v) is 7.10. The van der Waals surface area contributed by atoms with Gasteiger partial charge in [0.2, 0.25) is 11.0 Å². The maximum absolute atomic E-state index is 13.7. The van der Waals surface area contributed by atoms with Gasteiger partial charge in [-0.1, -0.05) is 53.4 Å². The fraction of sp³-hybridized carbons (Fsp3) is 0.143. The zero-order valence-corrected chi connectivity index (χ0v) is 18.9. The number of halogens is 1. The van der Waals surface area contributed by atoms with E-state index in [4.69, 9.17) is 0 Å². The monoisotopic (exact) mass is 471 g/mol. The van der Waals surface area contributed by atoms with Gasteiger partial charge in [-0.05, 0) is 30.7 Å². The molecule has 0 atom stereocenters. The fourth-order valence-electron chi connectivity index (χ4n) is 2.67. The minimum Gasteiger partial charge on any atom is -0.328 e. The van der Waals surface area contributed by atoms with E-state index < -0.39 is 0 Å². The molecule has 4 aromatic rings. The quantitative estimate of drug-likeness (QED) is 0.323. The van der Waals surface area contributed by atoms with Crippen molar-refractivity contribution >= 4 is 56.8 Å². The van der Waals surface area contributed by atoms with E-state index in [1.807, 2.05) is 36.6 Å². The Bertz CT molecular complexity index is 1190. The number of rotatable bonds is 8. The molecule has 2 aromatic carbocycles. The van der Waals surface area contributed by atoms with Gasteiger partial charge < -0.3 is 10.6 Å². The Morgan fingerprint density at radius 1 is 1.10 bits per heavy atom. The Kier molecular flexibility index (Phi) is 6.90. The summed E-state index contributed by atoms with van der Waals surface area (Å²) in [6.45, 7) is 1.96. The van der Waals surface area contributed by atoms with Gasteiger partial charge in [-0.2, -0.15) is 0 Å². The van der Waals surface area contributed by atoms with Crippen molar-refractivity contribution in [1.29, 1.82) is 0 Å². The van der Waals surface area contributed by atoms with E-state index in [0.29, 0.717) is 16.6 Å². The molecule has 1 amide bonds. The highest BCUT2D eigenvalue weighted by Gasteiger charge is 2.12. The first-order valence-corrected chi connectivity index (χ1v) is 12.0. The largest absolute Gasteiger partial charge is 0.328 e. The van der Waals surface area contributed by atoms with Crippen molar-refractivity contribution in [2.24, 2.45) is 0 Å². The highest BCUT2D eigenvalue weighted by atomic mass is 32.2. The molecule has 4 rings (SSSR count). The second-order valence-electron chi connectivity index (χ2n) is 6.54. The van der Waals surface area contributed by atoms with Crippen molar-refractivity contribution in [1.82, 2.24) is 15.2 Å². The number of hydrogen-bond acceptors (Lipinski definition) is 8. The zero-order chi connectivity index (χ0) is 21.6. The minimum atomic E-state index is -0.339. The summed E-state index contributed by atoms with van der Waals surface area (Å²) in [4.78, 5) is 16.8. The number of aryl methyl sites for hydroxylation is 1. The molecular weight excluding hydrogens is 453 g/mol. The Morgan fingerprint density at radius 3 is 2.68 bits per heavy atom. The Balaban J connectivity index is 1.29. The average molecular weight is 472 g/mol. The van der Waals surface area contributed by atoms with Gasteiger partial charge in [0.15, 0.2) is 4.34 Å². The van der Waals surface area contributed by atoms with Crippen LogP contribution in [0, 0.1) is 12.7 Å². The lowest BCUT2D eigenvalue weighted by atomic mass is 10.2. The molecule has 0 aliphatic rings. The van der Waals surface area contributed by atoms with Crippen molar-refractivity contribution in [3.63, 3.8) is 0 Å². The third-order valence-electron chi connectivity index (χ3n) is 4.20. The number of para-hydroxylation sites is 2. The van der Waals surface area contributed by atoms with Gasteiger partial charge in [-0.25, -0.2) is 9.37 Å². The second kappa shape index (κ2) is 9.99. The molecule has 0 fully saturated rings. The lowest BCUT2D eigenvalue weighted by molar-refractivity contribution is -0.115. The van der Waals surface area contributed by atoms with Crippen LogP contribution in [0.4, 0.5) is 20.9 Å². The van der Waals surface area contributed by atoms with Crippen LogP contribution in [0.5, 0.6) is 0 Å². The van der Waals surface area contributed by atoms with Crippen LogP contribution >= 0.6 is 34.4 Å². The summed E-state index contributed by atoms with van der Waals surface area (Å²) in [5.41, 5.74) is 3.08. The van der Waals surface area contributed by atoms with E-state index in [0.717, 1.165) is 26.3 Å². The van der Waals surface area contributed by atoms with Crippen molar-refractivity contribution in [2.45, 2.75) is 23.4 Å². The van der Waals surface area contributed by atoms with Crippen LogP contribution in [-0.4, -0.2) is 21.1 Å². The molecule has 0 unspecified atom stereocenters. The number of nitrogens with zero attached hydrogens (tertiary/aromatic N) is 3. The summed E-state index contributed by atoms with van der Waals surface area (Å²) < 4.78 is 14.5. The minimum absolute atomic E-state index is 0.0872. The summed E-state index contributed by atoms with van der Waals surface area (Å²) in [5.74, 6) is 0.189. The molecule has 0 saturated heterocycles. The molecule has 10 heteroatoms. The number of carbonyl (C=O) groups is 1. The highest BCUT2D eigenvalue weighted by Crippen LogP contribution is 2.30. The molecule has 0 aliphatic heterocycles. The molecule has 0 saturated carbocycles. The number of nitrogens with one attached hydrogen (secondary N) is 2. The van der Waals surface area contributed by atoms with Gasteiger partial charge >= 0.3 is 0 Å². The lowest BCUT2D eigenvalue weighted by Gasteiger charge is -2.06. The van der Waals surface area contributed by atoms with E-state index in [9.17, 15) is 9.18 Å². The number of benzene rings is 2. The van der Waals surface area contributed by atoms with E-state index >= 15 is 0 Å². The van der Waals surface area contributed by atoms with Crippen LogP contribution in [0.2, 0.25) is 0 Å². The van der Waals surface area contributed by atoms with Crippen molar-refractivity contribution in [3.05, 3.63) is 76.0 Å². The van der Waals surface area contributed by atoms with Crippen LogP contribution in [0.1, 0.15) is 16.3 Å². The molecule has 0 radical (unpaired) electrons. The topological polar surface area (TPSA) is 79.8 Å². The van der Waals surface area contributed by atoms with Gasteiger partial charge in [0.05, 0.1) is 17.8 Å². The predicted octanol–water partition coefficient (Wildman–Crippen LogP) is 5.66. The van der Waals surface area contributed by atoms with Crippen molar-refractivity contribution < 1.29 is 9.18 Å². The predicted molar refractivity (Wildman–Crippen MR) is 125 cm³/mol. The maximum atomic E-state index is 13.7. The zero-order valence-electron chi connectivity index (χ0n) is 16.5. The van der Waals surface area contributed by atoms with E-state index in [1.165, 1.54) is 40.5 Å². The first-order chi connectivity index (χ1) is 15.1. The molecule has 0 spiro atoms. The molecule has 158 valence electrons. The van der Waals surface area contributed by atoms with Crippen molar-refractivity contribution in [2.75, 3.05) is 10.6 Å². The summed E-state index contributed by atoms with van der Waals surface area (Å²) in [7, 11) is 0. The average Bonchev–Trinajstić information content (AvgIpc) is 3.39. The molecule has 2 N–H and O–H groups in total. The number of anilines is 3. The standard InChI is InChI=1S/C21H18FN5OS3/c1-13-6-2-4-8-16(13)24-18(28)10-19-23-14(11-29-19)12-30-21-27-26-20(31-21)25-17-9-5-3-7-15(17)22/h2-9,11H,10,12H2,1H3,(H,24,28)(H,25,26).